The van der Waals surface area contributed by atoms with Gasteiger partial charge in [0.15, 0.2) is 0 Å². The molecule has 0 aromatic heterocycles. The molecule has 5 heavy (non-hydrogen) atoms. The van der Waals surface area contributed by atoms with Gasteiger partial charge in [-0.05, 0) is 6.92 Å². The summed E-state index contributed by atoms with van der Waals surface area (Å²) in [6, 6.07) is 0. The van der Waals surface area contributed by atoms with Crippen molar-refractivity contribution in [2.45, 2.75) is 6.92 Å². The summed E-state index contributed by atoms with van der Waals surface area (Å²) in [5, 5.41) is 0. The Hall–Kier alpha value is 0.657. The van der Waals surface area contributed by atoms with E-state index in [9.17, 15) is 0 Å². The van der Waals surface area contributed by atoms with Gasteiger partial charge in [0.25, 0.3) is 0 Å². The minimum Gasteiger partial charge on any atom is -0.406 e. The maximum atomic E-state index is 4.78. The summed E-state index contributed by atoms with van der Waals surface area (Å²) < 4.78 is 4.78. The highest BCUT2D eigenvalue weighted by atomic mass is 79.9. The molecule has 0 aromatic rings. The largest absolute Gasteiger partial charge is 0.406 e. The molecule has 0 aromatic carbocycles. The van der Waals surface area contributed by atoms with Crippen molar-refractivity contribution in [3.63, 3.8) is 0 Å². The Balaban J connectivity index is 2.19. The van der Waals surface area contributed by atoms with E-state index >= 15 is 0 Å². The summed E-state index contributed by atoms with van der Waals surface area (Å²) in [5.74, 6) is 0. The molecule has 0 atom stereocenters. The van der Waals surface area contributed by atoms with Gasteiger partial charge in [-0.3, -0.25) is 0 Å². The molecule has 0 amide bonds. The molecule has 3 heteroatoms. The maximum Gasteiger partial charge on any atom is 0.321 e. The van der Waals surface area contributed by atoms with Gasteiger partial charge in [0.05, 0.1) is 0 Å². The van der Waals surface area contributed by atoms with E-state index in [2.05, 4.69) is 15.3 Å². The first-order valence-electron chi connectivity index (χ1n) is 1.39. The average molecular weight is 153 g/mol. The van der Waals surface area contributed by atoms with Gasteiger partial charge in [-0.2, -0.15) is 0 Å². The number of rotatable bonds is 2. The highest BCUT2D eigenvalue weighted by Crippen LogP contribution is 1.73. The highest BCUT2D eigenvalue weighted by Gasteiger charge is 1.71. The Kier molecular flexibility index (Phi) is 5.27. The van der Waals surface area contributed by atoms with E-state index in [0.717, 1.165) is 6.61 Å². The van der Waals surface area contributed by atoms with Crippen molar-refractivity contribution in [2.24, 2.45) is 0 Å². The van der Waals surface area contributed by atoms with Crippen LogP contribution in [0.15, 0.2) is 0 Å². The smallest absolute Gasteiger partial charge is 0.321 e. The summed E-state index contributed by atoms with van der Waals surface area (Å²) in [4.78, 5) is 0. The molecular formula is C2H5BrOSi. The monoisotopic (exact) mass is 152 g/mol. The Morgan fingerprint density at radius 2 is 2.60 bits per heavy atom. The second-order valence-corrected chi connectivity index (χ2v) is 1.92. The van der Waals surface area contributed by atoms with Crippen molar-refractivity contribution in [3.05, 3.63) is 0 Å². The van der Waals surface area contributed by atoms with Crippen LogP contribution >= 0.6 is 15.3 Å². The molecule has 0 rings (SSSR count). The van der Waals surface area contributed by atoms with E-state index in [1.54, 1.807) is 0 Å². The van der Waals surface area contributed by atoms with Gasteiger partial charge in [0, 0.05) is 6.61 Å². The van der Waals surface area contributed by atoms with Crippen LogP contribution in [-0.2, 0) is 4.43 Å². The van der Waals surface area contributed by atoms with E-state index < -0.39 is 0 Å². The molecule has 0 unspecified atom stereocenters. The second-order valence-electron chi connectivity index (χ2n) is 0.510. The first-order chi connectivity index (χ1) is 2.41. The Morgan fingerprint density at radius 3 is 2.60 bits per heavy atom. The van der Waals surface area contributed by atoms with Crippen molar-refractivity contribution in [2.75, 3.05) is 6.61 Å². The molecule has 1 nitrogen and oxygen atoms in total. The highest BCUT2D eigenvalue weighted by molar-refractivity contribution is 9.23. The van der Waals surface area contributed by atoms with E-state index in [4.69, 9.17) is 4.43 Å². The van der Waals surface area contributed by atoms with Crippen molar-refractivity contribution < 1.29 is 4.43 Å². The quantitative estimate of drug-likeness (QED) is 0.424. The number of halogens is 1. The molecule has 0 saturated heterocycles. The minimum absolute atomic E-state index is 0.470. The molecule has 0 aliphatic rings. The Labute approximate surface area is 42.2 Å². The van der Waals surface area contributed by atoms with E-state index in [0.29, 0.717) is 8.38 Å². The maximum absolute atomic E-state index is 4.78. The molecular weight excluding hydrogens is 148 g/mol. The lowest BCUT2D eigenvalue weighted by Gasteiger charge is -1.82. The third kappa shape index (κ3) is 4.66. The third-order valence-electron chi connectivity index (χ3n) is 0.199. The first kappa shape index (κ1) is 5.66. The summed E-state index contributed by atoms with van der Waals surface area (Å²) in [6.07, 6.45) is 0. The topological polar surface area (TPSA) is 9.23 Å². The van der Waals surface area contributed by atoms with Gasteiger partial charge >= 0.3 is 8.38 Å². The van der Waals surface area contributed by atoms with Crippen molar-refractivity contribution in [3.8, 4) is 0 Å². The van der Waals surface area contributed by atoms with Crippen LogP contribution in [0.2, 0.25) is 0 Å². The lowest BCUT2D eigenvalue weighted by molar-refractivity contribution is 0.372. The first-order valence-corrected chi connectivity index (χ1v) is 4.55. The van der Waals surface area contributed by atoms with E-state index in [-0.39, 0.29) is 0 Å². The fourth-order valence-electron chi connectivity index (χ4n) is 0.0546. The van der Waals surface area contributed by atoms with Crippen LogP contribution < -0.4 is 0 Å². The van der Waals surface area contributed by atoms with Gasteiger partial charge in [-0.1, -0.05) is 15.3 Å². The van der Waals surface area contributed by atoms with E-state index in [1.165, 1.54) is 0 Å². The normalized spacial score (nSPS) is 8.40. The van der Waals surface area contributed by atoms with E-state index in [1.807, 2.05) is 6.92 Å². The predicted octanol–water partition coefficient (Wildman–Crippen LogP) is 0.952. The number of hydrogen-bond acceptors (Lipinski definition) is 1. The Morgan fingerprint density at radius 1 is 2.00 bits per heavy atom. The van der Waals surface area contributed by atoms with Gasteiger partial charge in [0.1, 0.15) is 0 Å². The second kappa shape index (κ2) is 4.66. The molecule has 2 radical (unpaired) electrons. The molecule has 0 bridgehead atoms. The van der Waals surface area contributed by atoms with Crippen molar-refractivity contribution in [1.29, 1.82) is 0 Å². The van der Waals surface area contributed by atoms with Gasteiger partial charge < -0.3 is 4.43 Å². The molecule has 0 saturated carbocycles. The van der Waals surface area contributed by atoms with Crippen molar-refractivity contribution >= 4 is 23.7 Å². The van der Waals surface area contributed by atoms with Crippen LogP contribution in [0.1, 0.15) is 6.92 Å². The molecule has 30 valence electrons. The zero-order valence-corrected chi connectivity index (χ0v) is 5.58. The zero-order valence-electron chi connectivity index (χ0n) is 2.99. The SMILES string of the molecule is CCO[Si]Br. The fourth-order valence-corrected chi connectivity index (χ4v) is 0.850. The number of hydrogen-bond donors (Lipinski definition) is 0. The van der Waals surface area contributed by atoms with Gasteiger partial charge in [0.2, 0.25) is 0 Å². The van der Waals surface area contributed by atoms with Crippen LogP contribution in [0.3, 0.4) is 0 Å². The van der Waals surface area contributed by atoms with Crippen LogP contribution in [0.25, 0.3) is 0 Å². The zero-order chi connectivity index (χ0) is 4.12. The summed E-state index contributed by atoms with van der Waals surface area (Å²) >= 11 is 3.12. The molecule has 0 N–H and O–H groups in total. The summed E-state index contributed by atoms with van der Waals surface area (Å²) in [6.45, 7) is 2.78. The predicted molar refractivity (Wildman–Crippen MR) is 26.3 cm³/mol. The minimum atomic E-state index is 0.470. The van der Waals surface area contributed by atoms with Crippen LogP contribution in [0.4, 0.5) is 0 Å². The standard InChI is InChI=1S/C2H5BrOSi/c1-2-4-5-3/h2H2,1H3. The lowest BCUT2D eigenvalue weighted by atomic mass is 10.9. The molecule has 0 aliphatic heterocycles. The third-order valence-corrected chi connectivity index (χ3v) is 1.28. The molecule has 0 spiro atoms. The Bertz CT molecular complexity index is 17.1. The van der Waals surface area contributed by atoms with Gasteiger partial charge in [-0.15, -0.1) is 0 Å². The molecule has 0 aliphatic carbocycles. The van der Waals surface area contributed by atoms with Crippen LogP contribution in [0, 0.1) is 0 Å². The van der Waals surface area contributed by atoms with Crippen molar-refractivity contribution in [1.82, 2.24) is 0 Å². The molecule has 0 fully saturated rings. The fraction of sp³-hybridized carbons (Fsp3) is 1.00. The molecule has 0 heterocycles. The van der Waals surface area contributed by atoms with Crippen LogP contribution in [-0.4, -0.2) is 15.0 Å². The lowest BCUT2D eigenvalue weighted by Crippen LogP contribution is -1.85. The van der Waals surface area contributed by atoms with Crippen LogP contribution in [0.5, 0.6) is 0 Å². The van der Waals surface area contributed by atoms with Gasteiger partial charge in [-0.25, -0.2) is 0 Å². The average Bonchev–Trinajstić information content (AvgIpc) is 1.41. The summed E-state index contributed by atoms with van der Waals surface area (Å²) in [7, 11) is 0.470. The summed E-state index contributed by atoms with van der Waals surface area (Å²) in [5.41, 5.74) is 0.